The van der Waals surface area contributed by atoms with Gasteiger partial charge < -0.3 is 4.42 Å². The van der Waals surface area contributed by atoms with E-state index in [1.165, 1.54) is 0 Å². The summed E-state index contributed by atoms with van der Waals surface area (Å²) in [6, 6.07) is 20.5. The first-order valence-electron chi connectivity index (χ1n) is 20.9. The fourth-order valence-electron chi connectivity index (χ4n) is 6.29. The number of hydrogen-bond acceptors (Lipinski definition) is 1. The zero-order chi connectivity index (χ0) is 41.1. The lowest BCUT2D eigenvalue weighted by Gasteiger charge is -2.18. The molecular formula is C44H28O. The molecule has 1 nitrogen and oxygen atoms in total. The van der Waals surface area contributed by atoms with E-state index in [-0.39, 0.29) is 32.7 Å². The monoisotopic (exact) mass is 585 g/mol. The van der Waals surface area contributed by atoms with Crippen LogP contribution in [0.5, 0.6) is 0 Å². The predicted molar refractivity (Wildman–Crippen MR) is 190 cm³/mol. The largest absolute Gasteiger partial charge is 0.455 e. The topological polar surface area (TPSA) is 13.1 Å². The maximum atomic E-state index is 9.20. The molecule has 1 heteroatoms. The Labute approximate surface area is 279 Å². The zero-order valence-electron chi connectivity index (χ0n) is 36.6. The third-order valence-electron chi connectivity index (χ3n) is 8.22. The smallest absolute Gasteiger partial charge is 0.143 e. The van der Waals surface area contributed by atoms with E-state index in [1.807, 2.05) is 60.7 Å². The minimum absolute atomic E-state index is 0.0705. The summed E-state index contributed by atoms with van der Waals surface area (Å²) in [7, 11) is 0. The van der Waals surface area contributed by atoms with E-state index >= 15 is 0 Å². The highest BCUT2D eigenvalue weighted by Gasteiger charge is 2.18. The molecule has 0 aliphatic heterocycles. The van der Waals surface area contributed by atoms with Gasteiger partial charge in [-0.25, -0.2) is 0 Å². The van der Waals surface area contributed by atoms with Gasteiger partial charge in [-0.3, -0.25) is 0 Å². The number of rotatable bonds is 4. The molecule has 0 spiro atoms. The van der Waals surface area contributed by atoms with Gasteiger partial charge in [0.2, 0.25) is 0 Å². The van der Waals surface area contributed by atoms with Crippen LogP contribution in [0.25, 0.3) is 88.0 Å². The molecule has 0 unspecified atom stereocenters. The van der Waals surface area contributed by atoms with Crippen LogP contribution in [0.2, 0.25) is 0 Å². The van der Waals surface area contributed by atoms with Crippen LogP contribution in [0.4, 0.5) is 0 Å². The summed E-state index contributed by atoms with van der Waals surface area (Å²) in [5, 5.41) is 1.10. The molecule has 0 radical (unpaired) electrons. The van der Waals surface area contributed by atoms with E-state index in [0.29, 0.717) is 16.7 Å². The van der Waals surface area contributed by atoms with Crippen molar-refractivity contribution in [2.45, 2.75) is 0 Å². The van der Waals surface area contributed by atoms with Gasteiger partial charge in [0.1, 0.15) is 11.2 Å². The van der Waals surface area contributed by atoms with E-state index in [1.54, 1.807) is 24.3 Å². The van der Waals surface area contributed by atoms with E-state index in [2.05, 4.69) is 6.07 Å². The molecule has 1 heterocycles. The van der Waals surface area contributed by atoms with Crippen molar-refractivity contribution >= 4 is 43.5 Å². The third-order valence-corrected chi connectivity index (χ3v) is 8.22. The number of benzene rings is 8. The lowest BCUT2D eigenvalue weighted by atomic mass is 9.85. The van der Waals surface area contributed by atoms with E-state index in [9.17, 15) is 2.74 Å². The first-order valence-corrected chi connectivity index (χ1v) is 14.4. The Morgan fingerprint density at radius 1 is 0.378 bits per heavy atom. The molecule has 0 fully saturated rings. The molecule has 0 bridgehead atoms. The van der Waals surface area contributed by atoms with Gasteiger partial charge in [-0.2, -0.15) is 0 Å². The zero-order valence-corrected chi connectivity index (χ0v) is 23.6. The molecule has 9 rings (SSSR count). The van der Waals surface area contributed by atoms with Crippen LogP contribution in [0.15, 0.2) is 174 Å². The Balaban J connectivity index is 1.37. The standard InChI is InChI=1S/C44H28O/c1-3-13-29(14-4-1)33-21-12-24-40-43(33)39-23-11-22-34(44(39)45-40)30-25-27-32(28-26-30)42-37-19-9-7-17-35(37)41(31-15-5-2-6-16-31)36-18-8-10-20-38(36)42/h1-28H/i2D,5D,6D,7D,8D,9D,10D,15D,16D,17D,18D,19D,20D. The normalized spacial score (nSPS) is 15.6. The molecule has 9 aromatic rings. The van der Waals surface area contributed by atoms with Crippen LogP contribution >= 0.6 is 0 Å². The lowest BCUT2D eigenvalue weighted by molar-refractivity contribution is 0.670. The van der Waals surface area contributed by atoms with Crippen LogP contribution in [0.3, 0.4) is 0 Å². The number of hydrogen-bond donors (Lipinski definition) is 0. The fourth-order valence-corrected chi connectivity index (χ4v) is 6.29. The van der Waals surface area contributed by atoms with Gasteiger partial charge in [-0.05, 0) is 66.6 Å². The maximum Gasteiger partial charge on any atom is 0.143 e. The Hall–Kier alpha value is -5.92. The minimum atomic E-state index is -0.714. The highest BCUT2D eigenvalue weighted by atomic mass is 16.3. The molecule has 0 amide bonds. The first kappa shape index (κ1) is 15.7. The Morgan fingerprint density at radius 3 is 1.58 bits per heavy atom. The van der Waals surface area contributed by atoms with Crippen molar-refractivity contribution in [3.05, 3.63) is 170 Å². The van der Waals surface area contributed by atoms with Crippen molar-refractivity contribution < 1.29 is 22.2 Å². The second-order valence-electron chi connectivity index (χ2n) is 10.7. The summed E-state index contributed by atoms with van der Waals surface area (Å²) in [6.45, 7) is 0. The van der Waals surface area contributed by atoms with Gasteiger partial charge in [-0.15, -0.1) is 0 Å². The van der Waals surface area contributed by atoms with Gasteiger partial charge in [0.15, 0.2) is 0 Å². The molecule has 0 aliphatic rings. The minimum Gasteiger partial charge on any atom is -0.455 e. The van der Waals surface area contributed by atoms with Gasteiger partial charge in [0, 0.05) is 16.3 Å². The van der Waals surface area contributed by atoms with Gasteiger partial charge in [0.25, 0.3) is 0 Å². The molecule has 0 atom stereocenters. The molecule has 0 saturated carbocycles. The summed E-state index contributed by atoms with van der Waals surface area (Å²) in [5.41, 5.74) is 4.59. The lowest BCUT2D eigenvalue weighted by Crippen LogP contribution is -1.90. The second kappa shape index (κ2) is 10.4. The molecule has 0 saturated heterocycles. The summed E-state index contributed by atoms with van der Waals surface area (Å²) >= 11 is 0. The third kappa shape index (κ3) is 4.09. The predicted octanol–water partition coefficient (Wildman–Crippen LogP) is 12.6. The molecule has 0 N–H and O–H groups in total. The van der Waals surface area contributed by atoms with Crippen molar-refractivity contribution in [2.24, 2.45) is 0 Å². The van der Waals surface area contributed by atoms with Crippen molar-refractivity contribution in [3.63, 3.8) is 0 Å². The van der Waals surface area contributed by atoms with Gasteiger partial charge in [-0.1, -0.05) is 163 Å². The molecule has 1 aromatic heterocycles. The van der Waals surface area contributed by atoms with E-state index in [4.69, 9.17) is 19.5 Å². The number of para-hydroxylation sites is 1. The molecular weight excluding hydrogens is 544 g/mol. The van der Waals surface area contributed by atoms with Crippen molar-refractivity contribution in [3.8, 4) is 44.5 Å². The van der Waals surface area contributed by atoms with Gasteiger partial charge >= 0.3 is 0 Å². The summed E-state index contributed by atoms with van der Waals surface area (Å²) in [6.07, 6.45) is 0. The first-order chi connectivity index (χ1) is 27.7. The maximum absolute atomic E-state index is 9.20. The highest BCUT2D eigenvalue weighted by Crippen LogP contribution is 2.45. The fraction of sp³-hybridized carbons (Fsp3) is 0. The average molecular weight is 586 g/mol. The Bertz CT molecular complexity index is 3140. The molecule has 210 valence electrons. The van der Waals surface area contributed by atoms with Crippen molar-refractivity contribution in [1.29, 1.82) is 0 Å². The average Bonchev–Trinajstić information content (AvgIpc) is 3.64. The van der Waals surface area contributed by atoms with E-state index in [0.717, 1.165) is 33.0 Å². The van der Waals surface area contributed by atoms with Crippen molar-refractivity contribution in [1.82, 2.24) is 0 Å². The second-order valence-corrected chi connectivity index (χ2v) is 10.7. The SMILES string of the molecule is [2H]c1c([2H])c([2H])c(-c2c3c([2H])c([2H])c([2H])c([2H])c3c(-c3ccc(-c4cccc5c4oc4cccc(-c6ccccc6)c45)cc3)c3c([2H])c([2H])c([2H])c([2H])c23)c([2H])c1[2H]. The summed E-state index contributed by atoms with van der Waals surface area (Å²) in [4.78, 5) is 0. The van der Waals surface area contributed by atoms with Crippen LogP contribution < -0.4 is 0 Å². The molecule has 0 aliphatic carbocycles. The van der Waals surface area contributed by atoms with Crippen LogP contribution in [0.1, 0.15) is 17.8 Å². The Morgan fingerprint density at radius 2 is 0.911 bits per heavy atom. The van der Waals surface area contributed by atoms with Crippen LogP contribution in [-0.4, -0.2) is 0 Å². The number of furan rings is 1. The van der Waals surface area contributed by atoms with Gasteiger partial charge in [0.05, 0.1) is 17.8 Å². The van der Waals surface area contributed by atoms with E-state index < -0.39 is 84.1 Å². The quantitative estimate of drug-likeness (QED) is 0.187. The van der Waals surface area contributed by atoms with Crippen LogP contribution in [0, 0.1) is 0 Å². The summed E-state index contributed by atoms with van der Waals surface area (Å²) < 4.78 is 121. The molecule has 8 aromatic carbocycles. The summed E-state index contributed by atoms with van der Waals surface area (Å²) in [5.74, 6) is 0. The number of fused-ring (bicyclic) bond motifs is 5. The Kier molecular flexibility index (Phi) is 3.62. The van der Waals surface area contributed by atoms with Crippen LogP contribution in [-0.2, 0) is 0 Å². The molecule has 45 heavy (non-hydrogen) atoms. The highest BCUT2D eigenvalue weighted by molar-refractivity contribution is 6.21. The van der Waals surface area contributed by atoms with Crippen molar-refractivity contribution in [2.75, 3.05) is 0 Å².